The summed E-state index contributed by atoms with van der Waals surface area (Å²) in [5, 5.41) is 2.84. The standard InChI is InChI=1S/C18H21N5O4/c1-2-27-18(26)23-8-5-13(6-9-23)21-16(24)14-11-20-15(22-17(14)25)12-4-3-7-19-10-12/h3-4,7,10-11,13H,2,5-6,8-9H2,1H3,(H,21,24)(H,20,22,25). The highest BCUT2D eigenvalue weighted by Crippen LogP contribution is 2.13. The van der Waals surface area contributed by atoms with Gasteiger partial charge in [0.2, 0.25) is 0 Å². The Balaban J connectivity index is 1.61. The number of aromatic amines is 1. The number of hydrogen-bond acceptors (Lipinski definition) is 6. The number of rotatable bonds is 4. The van der Waals surface area contributed by atoms with Crippen molar-refractivity contribution in [3.63, 3.8) is 0 Å². The number of hydrogen-bond donors (Lipinski definition) is 2. The van der Waals surface area contributed by atoms with Crippen molar-refractivity contribution >= 4 is 12.0 Å². The maximum Gasteiger partial charge on any atom is 0.409 e. The number of aromatic nitrogens is 3. The minimum absolute atomic E-state index is 0.0459. The summed E-state index contributed by atoms with van der Waals surface area (Å²) < 4.78 is 4.97. The molecule has 3 heterocycles. The van der Waals surface area contributed by atoms with E-state index in [2.05, 4.69) is 20.3 Å². The lowest BCUT2D eigenvalue weighted by atomic mass is 10.1. The van der Waals surface area contributed by atoms with Crippen LogP contribution in [0.25, 0.3) is 11.4 Å². The first-order valence-electron chi connectivity index (χ1n) is 8.80. The molecule has 27 heavy (non-hydrogen) atoms. The van der Waals surface area contributed by atoms with Crippen molar-refractivity contribution in [2.45, 2.75) is 25.8 Å². The quantitative estimate of drug-likeness (QED) is 0.833. The molecule has 2 N–H and O–H groups in total. The third-order valence-corrected chi connectivity index (χ3v) is 4.34. The second-order valence-electron chi connectivity index (χ2n) is 6.15. The Morgan fingerprint density at radius 3 is 2.74 bits per heavy atom. The lowest BCUT2D eigenvalue weighted by Gasteiger charge is -2.31. The van der Waals surface area contributed by atoms with E-state index in [1.807, 2.05) is 0 Å². The van der Waals surface area contributed by atoms with Crippen molar-refractivity contribution < 1.29 is 14.3 Å². The third kappa shape index (κ3) is 4.49. The van der Waals surface area contributed by atoms with E-state index in [0.29, 0.717) is 43.9 Å². The van der Waals surface area contributed by atoms with Gasteiger partial charge < -0.3 is 19.9 Å². The fraction of sp³-hybridized carbons (Fsp3) is 0.389. The summed E-state index contributed by atoms with van der Waals surface area (Å²) in [7, 11) is 0. The van der Waals surface area contributed by atoms with Crippen LogP contribution in [0.15, 0.2) is 35.5 Å². The number of piperidine rings is 1. The molecule has 142 valence electrons. The smallest absolute Gasteiger partial charge is 0.409 e. The molecule has 1 aliphatic heterocycles. The normalized spacial score (nSPS) is 14.6. The molecule has 0 radical (unpaired) electrons. The lowest BCUT2D eigenvalue weighted by molar-refractivity contribution is 0.0859. The molecule has 0 aromatic carbocycles. The highest BCUT2D eigenvalue weighted by molar-refractivity contribution is 5.93. The van der Waals surface area contributed by atoms with Crippen LogP contribution in [-0.2, 0) is 4.74 Å². The Hall–Kier alpha value is -3.23. The summed E-state index contributed by atoms with van der Waals surface area (Å²) in [6, 6.07) is 3.39. The summed E-state index contributed by atoms with van der Waals surface area (Å²) >= 11 is 0. The summed E-state index contributed by atoms with van der Waals surface area (Å²) in [6.07, 6.45) is 5.33. The van der Waals surface area contributed by atoms with Crippen molar-refractivity contribution in [2.75, 3.05) is 19.7 Å². The van der Waals surface area contributed by atoms with Gasteiger partial charge in [-0.15, -0.1) is 0 Å². The van der Waals surface area contributed by atoms with Gasteiger partial charge in [0.05, 0.1) is 6.61 Å². The SMILES string of the molecule is CCOC(=O)N1CCC(NC(=O)c2cnc(-c3cccnc3)[nH]c2=O)CC1. The predicted molar refractivity (Wildman–Crippen MR) is 97.2 cm³/mol. The van der Waals surface area contributed by atoms with Crippen molar-refractivity contribution in [3.05, 3.63) is 46.6 Å². The first-order valence-corrected chi connectivity index (χ1v) is 8.80. The van der Waals surface area contributed by atoms with E-state index in [9.17, 15) is 14.4 Å². The van der Waals surface area contributed by atoms with Crippen molar-refractivity contribution in [1.29, 1.82) is 0 Å². The molecule has 0 aliphatic carbocycles. The molecule has 9 heteroatoms. The number of likely N-dealkylation sites (tertiary alicyclic amines) is 1. The zero-order chi connectivity index (χ0) is 19.2. The summed E-state index contributed by atoms with van der Waals surface area (Å²) in [6.45, 7) is 3.09. The van der Waals surface area contributed by atoms with Gasteiger partial charge in [0.15, 0.2) is 0 Å². The Kier molecular flexibility index (Phi) is 5.80. The van der Waals surface area contributed by atoms with Crippen LogP contribution in [0.1, 0.15) is 30.1 Å². The lowest BCUT2D eigenvalue weighted by Crippen LogP contribution is -2.47. The van der Waals surface area contributed by atoms with Crippen LogP contribution in [0, 0.1) is 0 Å². The molecule has 2 amide bonds. The minimum atomic E-state index is -0.509. The minimum Gasteiger partial charge on any atom is -0.450 e. The topological polar surface area (TPSA) is 117 Å². The molecule has 1 fully saturated rings. The van der Waals surface area contributed by atoms with Crippen molar-refractivity contribution in [2.24, 2.45) is 0 Å². The Labute approximate surface area is 155 Å². The summed E-state index contributed by atoms with van der Waals surface area (Å²) in [5.41, 5.74) is 0.105. The van der Waals surface area contributed by atoms with Gasteiger partial charge in [-0.1, -0.05) is 0 Å². The van der Waals surface area contributed by atoms with Crippen molar-refractivity contribution in [3.8, 4) is 11.4 Å². The van der Waals surface area contributed by atoms with Gasteiger partial charge in [-0.25, -0.2) is 9.78 Å². The van der Waals surface area contributed by atoms with E-state index in [0.717, 1.165) is 0 Å². The van der Waals surface area contributed by atoms with Crippen LogP contribution in [0.4, 0.5) is 4.79 Å². The molecule has 1 saturated heterocycles. The molecule has 1 aliphatic rings. The zero-order valence-corrected chi connectivity index (χ0v) is 15.0. The number of nitrogens with one attached hydrogen (secondary N) is 2. The van der Waals surface area contributed by atoms with Gasteiger partial charge in [0, 0.05) is 43.3 Å². The van der Waals surface area contributed by atoms with E-state index in [-0.39, 0.29) is 17.7 Å². The zero-order valence-electron chi connectivity index (χ0n) is 15.0. The van der Waals surface area contributed by atoms with Gasteiger partial charge in [-0.2, -0.15) is 0 Å². The van der Waals surface area contributed by atoms with Crippen LogP contribution in [-0.4, -0.2) is 57.6 Å². The molecule has 2 aromatic rings. The van der Waals surface area contributed by atoms with Crippen LogP contribution in [0.2, 0.25) is 0 Å². The second kappa shape index (κ2) is 8.43. The molecule has 0 saturated carbocycles. The van der Waals surface area contributed by atoms with Gasteiger partial charge in [-0.3, -0.25) is 14.6 Å². The predicted octanol–water partition coefficient (Wildman–Crippen LogP) is 1.18. The van der Waals surface area contributed by atoms with Gasteiger partial charge in [-0.05, 0) is 31.9 Å². The first-order chi connectivity index (χ1) is 13.1. The average molecular weight is 371 g/mol. The van der Waals surface area contributed by atoms with Crippen LogP contribution < -0.4 is 10.9 Å². The average Bonchev–Trinajstić information content (AvgIpc) is 2.69. The van der Waals surface area contributed by atoms with E-state index in [1.165, 1.54) is 6.20 Å². The van der Waals surface area contributed by atoms with Gasteiger partial charge >= 0.3 is 6.09 Å². The highest BCUT2D eigenvalue weighted by Gasteiger charge is 2.25. The maximum absolute atomic E-state index is 12.4. The number of carbonyl (C=O) groups is 2. The molecule has 0 unspecified atom stereocenters. The Bertz CT molecular complexity index is 860. The largest absolute Gasteiger partial charge is 0.450 e. The van der Waals surface area contributed by atoms with Crippen molar-refractivity contribution in [1.82, 2.24) is 25.2 Å². The molecular formula is C18H21N5O4. The van der Waals surface area contributed by atoms with Crippen LogP contribution in [0.3, 0.4) is 0 Å². The number of pyridine rings is 1. The fourth-order valence-electron chi connectivity index (χ4n) is 2.89. The number of nitrogens with zero attached hydrogens (tertiary/aromatic N) is 3. The van der Waals surface area contributed by atoms with Crippen LogP contribution in [0.5, 0.6) is 0 Å². The molecule has 0 spiro atoms. The number of amides is 2. The van der Waals surface area contributed by atoms with Gasteiger partial charge in [0.25, 0.3) is 11.5 Å². The van der Waals surface area contributed by atoms with E-state index in [1.54, 1.807) is 36.4 Å². The highest BCUT2D eigenvalue weighted by atomic mass is 16.6. The number of ether oxygens (including phenoxy) is 1. The second-order valence-corrected chi connectivity index (χ2v) is 6.15. The molecular weight excluding hydrogens is 350 g/mol. The fourth-order valence-corrected chi connectivity index (χ4v) is 2.89. The molecule has 9 nitrogen and oxygen atoms in total. The van der Waals surface area contributed by atoms with E-state index < -0.39 is 11.5 Å². The summed E-state index contributed by atoms with van der Waals surface area (Å²) in [5.74, 6) is -0.122. The number of H-pyrrole nitrogens is 1. The van der Waals surface area contributed by atoms with Gasteiger partial charge in [0.1, 0.15) is 11.4 Å². The molecule has 2 aromatic heterocycles. The maximum atomic E-state index is 12.4. The Morgan fingerprint density at radius 1 is 1.33 bits per heavy atom. The summed E-state index contributed by atoms with van der Waals surface area (Å²) in [4.78, 5) is 48.7. The first kappa shape index (κ1) is 18.6. The molecule has 0 atom stereocenters. The van der Waals surface area contributed by atoms with Crippen LogP contribution >= 0.6 is 0 Å². The molecule has 3 rings (SSSR count). The third-order valence-electron chi connectivity index (χ3n) is 4.34. The van der Waals surface area contributed by atoms with E-state index >= 15 is 0 Å². The number of carbonyl (C=O) groups excluding carboxylic acids is 2. The monoisotopic (exact) mass is 371 g/mol. The molecule has 0 bridgehead atoms. The Morgan fingerprint density at radius 2 is 2.11 bits per heavy atom. The van der Waals surface area contributed by atoms with E-state index in [4.69, 9.17) is 4.74 Å².